The summed E-state index contributed by atoms with van der Waals surface area (Å²) in [5, 5.41) is 0.582. The van der Waals surface area contributed by atoms with Gasteiger partial charge in [0.1, 0.15) is 5.76 Å². The molecule has 19 heavy (non-hydrogen) atoms. The smallest absolute Gasteiger partial charge is 0.231 e. The summed E-state index contributed by atoms with van der Waals surface area (Å²) in [5.74, 6) is 1.69. The van der Waals surface area contributed by atoms with Gasteiger partial charge in [0.05, 0.1) is 11.2 Å². The van der Waals surface area contributed by atoms with Crippen molar-refractivity contribution in [2.24, 2.45) is 0 Å². The second kappa shape index (κ2) is 5.92. The van der Waals surface area contributed by atoms with Crippen LogP contribution in [0.2, 0.25) is 0 Å². The third kappa shape index (κ3) is 3.17. The molecule has 6 nitrogen and oxygen atoms in total. The van der Waals surface area contributed by atoms with E-state index >= 15 is 0 Å². The fourth-order valence-electron chi connectivity index (χ4n) is 1.63. The van der Waals surface area contributed by atoms with Crippen LogP contribution in [-0.2, 0) is 0 Å². The van der Waals surface area contributed by atoms with E-state index in [1.54, 1.807) is 6.26 Å². The van der Waals surface area contributed by atoms with E-state index in [2.05, 4.69) is 28.8 Å². The summed E-state index contributed by atoms with van der Waals surface area (Å²) in [7, 11) is 0. The average molecular weight is 279 g/mol. The van der Waals surface area contributed by atoms with E-state index in [9.17, 15) is 0 Å². The van der Waals surface area contributed by atoms with Gasteiger partial charge in [-0.25, -0.2) is 0 Å². The minimum atomic E-state index is 0.237. The highest BCUT2D eigenvalue weighted by Gasteiger charge is 2.12. The quantitative estimate of drug-likeness (QED) is 0.899. The van der Waals surface area contributed by atoms with Crippen LogP contribution in [0.3, 0.4) is 0 Å². The number of furan rings is 1. The van der Waals surface area contributed by atoms with Crippen molar-refractivity contribution in [2.45, 2.75) is 30.8 Å². The summed E-state index contributed by atoms with van der Waals surface area (Å²) in [6.45, 7) is 7.66. The second-order valence-electron chi connectivity index (χ2n) is 3.89. The van der Waals surface area contributed by atoms with Gasteiger partial charge in [-0.2, -0.15) is 15.0 Å². The van der Waals surface area contributed by atoms with Crippen molar-refractivity contribution in [1.82, 2.24) is 15.0 Å². The highest BCUT2D eigenvalue weighted by atomic mass is 32.2. The Hall–Kier alpha value is -1.76. The predicted octanol–water partition coefficient (Wildman–Crippen LogP) is 2.35. The van der Waals surface area contributed by atoms with Crippen molar-refractivity contribution in [1.29, 1.82) is 0 Å². The molecule has 0 aromatic carbocycles. The van der Waals surface area contributed by atoms with Gasteiger partial charge < -0.3 is 15.1 Å². The number of rotatable bonds is 5. The summed E-state index contributed by atoms with van der Waals surface area (Å²) in [5.41, 5.74) is 5.75. The topological polar surface area (TPSA) is 81.1 Å². The van der Waals surface area contributed by atoms with E-state index in [0.717, 1.165) is 23.7 Å². The molecular formula is C12H17N5OS. The van der Waals surface area contributed by atoms with E-state index in [-0.39, 0.29) is 5.95 Å². The molecule has 2 aromatic rings. The Labute approximate surface area is 116 Å². The summed E-state index contributed by atoms with van der Waals surface area (Å²) < 4.78 is 5.25. The summed E-state index contributed by atoms with van der Waals surface area (Å²) in [4.78, 5) is 15.8. The van der Waals surface area contributed by atoms with Crippen LogP contribution in [0.25, 0.3) is 0 Å². The normalized spacial score (nSPS) is 10.7. The molecule has 0 spiro atoms. The van der Waals surface area contributed by atoms with Gasteiger partial charge in [-0.05, 0) is 38.6 Å². The number of aryl methyl sites for hydroxylation is 1. The minimum Gasteiger partial charge on any atom is -0.468 e. The molecule has 0 unspecified atom stereocenters. The molecule has 0 amide bonds. The molecule has 0 fully saturated rings. The lowest BCUT2D eigenvalue weighted by molar-refractivity contribution is 0.527. The van der Waals surface area contributed by atoms with E-state index in [1.807, 2.05) is 17.9 Å². The van der Waals surface area contributed by atoms with Crippen LogP contribution in [0.1, 0.15) is 19.6 Å². The van der Waals surface area contributed by atoms with Crippen LogP contribution in [-0.4, -0.2) is 28.0 Å². The van der Waals surface area contributed by atoms with E-state index < -0.39 is 0 Å². The Balaban J connectivity index is 2.29. The fourth-order valence-corrected chi connectivity index (χ4v) is 2.41. The molecular weight excluding hydrogens is 262 g/mol. The SMILES string of the molecule is CCN(CC)c1nc(N)nc(Sc2ccoc2C)n1. The number of nitrogens with zero attached hydrogens (tertiary/aromatic N) is 4. The average Bonchev–Trinajstić information content (AvgIpc) is 2.76. The molecule has 0 saturated heterocycles. The predicted molar refractivity (Wildman–Crippen MR) is 75.4 cm³/mol. The lowest BCUT2D eigenvalue weighted by atomic mass is 10.5. The molecule has 0 aliphatic rings. The maximum atomic E-state index is 5.75. The van der Waals surface area contributed by atoms with Crippen LogP contribution in [0.5, 0.6) is 0 Å². The third-order valence-electron chi connectivity index (χ3n) is 2.68. The van der Waals surface area contributed by atoms with Crippen LogP contribution in [0, 0.1) is 6.92 Å². The summed E-state index contributed by atoms with van der Waals surface area (Å²) in [6, 6.07) is 1.89. The maximum Gasteiger partial charge on any atom is 0.231 e. The van der Waals surface area contributed by atoms with Gasteiger partial charge in [0, 0.05) is 13.1 Å². The lowest BCUT2D eigenvalue weighted by Gasteiger charge is -2.18. The summed E-state index contributed by atoms with van der Waals surface area (Å²) in [6.07, 6.45) is 1.65. The molecule has 2 heterocycles. The van der Waals surface area contributed by atoms with Gasteiger partial charge in [-0.15, -0.1) is 0 Å². The molecule has 7 heteroatoms. The first-order chi connectivity index (χ1) is 9.13. The number of nitrogen functional groups attached to an aromatic ring is 1. The zero-order chi connectivity index (χ0) is 13.8. The first kappa shape index (κ1) is 13.7. The van der Waals surface area contributed by atoms with Gasteiger partial charge in [0.25, 0.3) is 0 Å². The molecule has 0 saturated carbocycles. The van der Waals surface area contributed by atoms with Crippen molar-refractivity contribution < 1.29 is 4.42 Å². The fraction of sp³-hybridized carbons (Fsp3) is 0.417. The third-order valence-corrected chi connectivity index (χ3v) is 3.69. The number of aromatic nitrogens is 3. The number of hydrogen-bond acceptors (Lipinski definition) is 7. The zero-order valence-corrected chi connectivity index (χ0v) is 12.1. The molecule has 0 aliphatic heterocycles. The molecule has 0 radical (unpaired) electrons. The molecule has 2 N–H and O–H groups in total. The maximum absolute atomic E-state index is 5.75. The van der Waals surface area contributed by atoms with Crippen LogP contribution in [0.15, 0.2) is 26.8 Å². The largest absolute Gasteiger partial charge is 0.468 e. The molecule has 2 rings (SSSR count). The molecule has 2 aromatic heterocycles. The van der Waals surface area contributed by atoms with Crippen LogP contribution >= 0.6 is 11.8 Å². The Morgan fingerprint density at radius 1 is 1.26 bits per heavy atom. The Morgan fingerprint density at radius 3 is 2.58 bits per heavy atom. The number of nitrogens with two attached hydrogens (primary N) is 1. The van der Waals surface area contributed by atoms with Crippen molar-refractivity contribution in [2.75, 3.05) is 23.7 Å². The van der Waals surface area contributed by atoms with Crippen molar-refractivity contribution in [3.63, 3.8) is 0 Å². The molecule has 0 atom stereocenters. The Morgan fingerprint density at radius 2 is 2.00 bits per heavy atom. The molecule has 0 aliphatic carbocycles. The Kier molecular flexibility index (Phi) is 4.26. The van der Waals surface area contributed by atoms with Gasteiger partial charge in [0.2, 0.25) is 11.9 Å². The summed E-state index contributed by atoms with van der Waals surface area (Å²) >= 11 is 1.42. The van der Waals surface area contributed by atoms with Crippen LogP contribution < -0.4 is 10.6 Å². The van der Waals surface area contributed by atoms with E-state index in [1.165, 1.54) is 11.8 Å². The molecule has 102 valence electrons. The highest BCUT2D eigenvalue weighted by Crippen LogP contribution is 2.29. The highest BCUT2D eigenvalue weighted by molar-refractivity contribution is 7.99. The number of hydrogen-bond donors (Lipinski definition) is 1. The van der Waals surface area contributed by atoms with Crippen molar-refractivity contribution in [3.8, 4) is 0 Å². The van der Waals surface area contributed by atoms with Gasteiger partial charge >= 0.3 is 0 Å². The monoisotopic (exact) mass is 279 g/mol. The minimum absolute atomic E-state index is 0.237. The number of anilines is 2. The lowest BCUT2D eigenvalue weighted by Crippen LogP contribution is -2.25. The van der Waals surface area contributed by atoms with E-state index in [0.29, 0.717) is 11.1 Å². The second-order valence-corrected chi connectivity index (χ2v) is 4.90. The van der Waals surface area contributed by atoms with Crippen molar-refractivity contribution in [3.05, 3.63) is 18.1 Å². The first-order valence-corrected chi connectivity index (χ1v) is 6.94. The van der Waals surface area contributed by atoms with E-state index in [4.69, 9.17) is 10.2 Å². The Bertz CT molecular complexity index is 553. The van der Waals surface area contributed by atoms with Crippen molar-refractivity contribution >= 4 is 23.7 Å². The van der Waals surface area contributed by atoms with Crippen LogP contribution in [0.4, 0.5) is 11.9 Å². The van der Waals surface area contributed by atoms with Gasteiger partial charge in [-0.3, -0.25) is 0 Å². The molecule has 0 bridgehead atoms. The van der Waals surface area contributed by atoms with Gasteiger partial charge in [0.15, 0.2) is 5.16 Å². The van der Waals surface area contributed by atoms with Gasteiger partial charge in [-0.1, -0.05) is 0 Å². The standard InChI is InChI=1S/C12H17N5OS/c1-4-17(5-2)11-14-10(13)15-12(16-11)19-9-6-7-18-8(9)3/h6-7H,4-5H2,1-3H3,(H2,13,14,15,16). The zero-order valence-electron chi connectivity index (χ0n) is 11.3. The first-order valence-electron chi connectivity index (χ1n) is 6.12.